The molecule has 0 saturated carbocycles. The molecule has 1 heterocycles. The summed E-state index contributed by atoms with van der Waals surface area (Å²) in [5.41, 5.74) is 0.964. The van der Waals surface area contributed by atoms with Crippen LogP contribution in [-0.2, 0) is 19.0 Å². The highest BCUT2D eigenvalue weighted by Gasteiger charge is 2.34. The SMILES string of the molecule is Cc1ccc(S(=O)(=O)OC[C@H]2CN(C(C)C)C(=O)O2)cc1. The van der Waals surface area contributed by atoms with Gasteiger partial charge in [-0.05, 0) is 32.9 Å². The van der Waals surface area contributed by atoms with Crippen LogP contribution >= 0.6 is 0 Å². The average molecular weight is 313 g/mol. The highest BCUT2D eigenvalue weighted by atomic mass is 32.2. The summed E-state index contributed by atoms with van der Waals surface area (Å²) in [6.45, 7) is 5.77. The van der Waals surface area contributed by atoms with E-state index in [-0.39, 0.29) is 17.5 Å². The van der Waals surface area contributed by atoms with Gasteiger partial charge < -0.3 is 9.64 Å². The van der Waals surface area contributed by atoms with Crippen LogP contribution in [0.15, 0.2) is 29.2 Å². The molecule has 1 fully saturated rings. The van der Waals surface area contributed by atoms with Crippen molar-refractivity contribution >= 4 is 16.2 Å². The van der Waals surface area contributed by atoms with Crippen molar-refractivity contribution in [1.82, 2.24) is 4.90 Å². The number of carbonyl (C=O) groups is 1. The van der Waals surface area contributed by atoms with E-state index < -0.39 is 22.3 Å². The van der Waals surface area contributed by atoms with Gasteiger partial charge in [-0.3, -0.25) is 4.18 Å². The molecule has 0 aliphatic carbocycles. The van der Waals surface area contributed by atoms with Crippen LogP contribution in [0.4, 0.5) is 4.79 Å². The van der Waals surface area contributed by atoms with Crippen LogP contribution < -0.4 is 0 Å². The number of aryl methyl sites for hydroxylation is 1. The van der Waals surface area contributed by atoms with Crippen LogP contribution in [0, 0.1) is 6.92 Å². The van der Waals surface area contributed by atoms with Crippen molar-refractivity contribution in [2.75, 3.05) is 13.2 Å². The maximum absolute atomic E-state index is 12.0. The number of ether oxygens (including phenoxy) is 1. The van der Waals surface area contributed by atoms with Crippen molar-refractivity contribution in [3.8, 4) is 0 Å². The van der Waals surface area contributed by atoms with E-state index in [1.807, 2.05) is 20.8 Å². The summed E-state index contributed by atoms with van der Waals surface area (Å²) in [6.07, 6.45) is -1.01. The van der Waals surface area contributed by atoms with Crippen molar-refractivity contribution in [3.05, 3.63) is 29.8 Å². The van der Waals surface area contributed by atoms with Crippen LogP contribution in [0.2, 0.25) is 0 Å². The summed E-state index contributed by atoms with van der Waals surface area (Å²) in [7, 11) is -3.83. The predicted octanol–water partition coefficient (Wildman–Crippen LogP) is 1.93. The van der Waals surface area contributed by atoms with Crippen LogP contribution in [0.3, 0.4) is 0 Å². The first-order valence-electron chi connectivity index (χ1n) is 6.73. The second-order valence-corrected chi connectivity index (χ2v) is 6.92. The maximum atomic E-state index is 12.0. The molecule has 7 heteroatoms. The number of cyclic esters (lactones) is 1. The molecule has 1 aliphatic rings. The molecule has 0 unspecified atom stereocenters. The Labute approximate surface area is 124 Å². The Hall–Kier alpha value is -1.60. The van der Waals surface area contributed by atoms with Crippen LogP contribution in [0.5, 0.6) is 0 Å². The Balaban J connectivity index is 1.97. The molecule has 1 aliphatic heterocycles. The van der Waals surface area contributed by atoms with E-state index in [1.165, 1.54) is 17.0 Å². The normalized spacial score (nSPS) is 19.1. The molecular formula is C14H19NO5S. The van der Waals surface area contributed by atoms with Gasteiger partial charge in [-0.25, -0.2) is 4.79 Å². The predicted molar refractivity (Wildman–Crippen MR) is 76.4 cm³/mol. The van der Waals surface area contributed by atoms with Gasteiger partial charge in [0.25, 0.3) is 10.1 Å². The van der Waals surface area contributed by atoms with Crippen LogP contribution in [-0.4, -0.2) is 44.7 Å². The maximum Gasteiger partial charge on any atom is 0.410 e. The van der Waals surface area contributed by atoms with E-state index in [2.05, 4.69) is 0 Å². The third-order valence-electron chi connectivity index (χ3n) is 3.24. The van der Waals surface area contributed by atoms with Gasteiger partial charge in [0.15, 0.2) is 0 Å². The lowest BCUT2D eigenvalue weighted by Gasteiger charge is -2.16. The minimum atomic E-state index is -3.83. The van der Waals surface area contributed by atoms with Crippen molar-refractivity contribution in [1.29, 1.82) is 0 Å². The van der Waals surface area contributed by atoms with Crippen molar-refractivity contribution in [3.63, 3.8) is 0 Å². The van der Waals surface area contributed by atoms with Gasteiger partial charge in [-0.1, -0.05) is 17.7 Å². The summed E-state index contributed by atoms with van der Waals surface area (Å²) in [6, 6.07) is 6.40. The molecule has 0 spiro atoms. The summed E-state index contributed by atoms with van der Waals surface area (Å²) in [5.74, 6) is 0. The van der Waals surface area contributed by atoms with E-state index in [1.54, 1.807) is 12.1 Å². The first-order chi connectivity index (χ1) is 9.79. The number of rotatable bonds is 5. The lowest BCUT2D eigenvalue weighted by molar-refractivity contribution is 0.104. The monoisotopic (exact) mass is 313 g/mol. The molecule has 0 aromatic heterocycles. The minimum Gasteiger partial charge on any atom is -0.442 e. The van der Waals surface area contributed by atoms with Gasteiger partial charge in [0.05, 0.1) is 11.4 Å². The molecule has 2 rings (SSSR count). The first kappa shape index (κ1) is 15.8. The molecular weight excluding hydrogens is 294 g/mol. The molecule has 0 N–H and O–H groups in total. The number of benzene rings is 1. The number of carbonyl (C=O) groups excluding carboxylic acids is 1. The van der Waals surface area contributed by atoms with E-state index in [9.17, 15) is 13.2 Å². The van der Waals surface area contributed by atoms with Crippen molar-refractivity contribution < 1.29 is 22.1 Å². The molecule has 1 amide bonds. The van der Waals surface area contributed by atoms with Gasteiger partial charge in [0.1, 0.15) is 12.7 Å². The zero-order valence-corrected chi connectivity index (χ0v) is 13.1. The number of amides is 1. The molecule has 1 aromatic carbocycles. The number of hydrogen-bond acceptors (Lipinski definition) is 5. The Morgan fingerprint density at radius 2 is 1.95 bits per heavy atom. The molecule has 6 nitrogen and oxygen atoms in total. The van der Waals surface area contributed by atoms with Crippen molar-refractivity contribution in [2.45, 2.75) is 37.8 Å². The highest BCUT2D eigenvalue weighted by molar-refractivity contribution is 7.86. The van der Waals surface area contributed by atoms with Crippen LogP contribution in [0.1, 0.15) is 19.4 Å². The Morgan fingerprint density at radius 1 is 1.33 bits per heavy atom. The zero-order chi connectivity index (χ0) is 15.6. The highest BCUT2D eigenvalue weighted by Crippen LogP contribution is 2.18. The lowest BCUT2D eigenvalue weighted by atomic mass is 10.2. The summed E-state index contributed by atoms with van der Waals surface area (Å²) in [5, 5.41) is 0. The van der Waals surface area contributed by atoms with Gasteiger partial charge in [0, 0.05) is 6.04 Å². The fourth-order valence-electron chi connectivity index (χ4n) is 1.99. The zero-order valence-electron chi connectivity index (χ0n) is 12.3. The Kier molecular flexibility index (Phi) is 4.53. The van der Waals surface area contributed by atoms with Gasteiger partial charge >= 0.3 is 6.09 Å². The molecule has 0 radical (unpaired) electrons. The topological polar surface area (TPSA) is 72.9 Å². The molecule has 0 bridgehead atoms. The van der Waals surface area contributed by atoms with E-state index in [0.29, 0.717) is 6.54 Å². The van der Waals surface area contributed by atoms with Crippen molar-refractivity contribution in [2.24, 2.45) is 0 Å². The summed E-state index contributed by atoms with van der Waals surface area (Å²) in [4.78, 5) is 13.2. The fourth-order valence-corrected chi connectivity index (χ4v) is 2.92. The average Bonchev–Trinajstić information content (AvgIpc) is 2.79. The van der Waals surface area contributed by atoms with E-state index in [4.69, 9.17) is 8.92 Å². The second kappa shape index (κ2) is 6.03. The third kappa shape index (κ3) is 3.74. The Morgan fingerprint density at radius 3 is 2.48 bits per heavy atom. The van der Waals surface area contributed by atoms with E-state index in [0.717, 1.165) is 5.56 Å². The second-order valence-electron chi connectivity index (χ2n) is 5.30. The van der Waals surface area contributed by atoms with Crippen LogP contribution in [0.25, 0.3) is 0 Å². The standard InChI is InChI=1S/C14H19NO5S/c1-10(2)15-8-12(20-14(15)16)9-19-21(17,18)13-6-4-11(3)5-7-13/h4-7,10,12H,8-9H2,1-3H3/t12-/m1/s1. The quantitative estimate of drug-likeness (QED) is 0.777. The Bertz CT molecular complexity index is 609. The molecule has 1 saturated heterocycles. The van der Waals surface area contributed by atoms with E-state index >= 15 is 0 Å². The molecule has 1 atom stereocenters. The smallest absolute Gasteiger partial charge is 0.410 e. The lowest BCUT2D eigenvalue weighted by Crippen LogP contribution is -2.32. The first-order valence-corrected chi connectivity index (χ1v) is 8.14. The third-order valence-corrected chi connectivity index (χ3v) is 4.54. The molecule has 116 valence electrons. The van der Waals surface area contributed by atoms with Gasteiger partial charge in [-0.15, -0.1) is 0 Å². The molecule has 21 heavy (non-hydrogen) atoms. The number of hydrogen-bond donors (Lipinski definition) is 0. The minimum absolute atomic E-state index is 0.0104. The van der Waals surface area contributed by atoms with Gasteiger partial charge in [0.2, 0.25) is 0 Å². The summed E-state index contributed by atoms with van der Waals surface area (Å²) < 4.78 is 34.1. The largest absolute Gasteiger partial charge is 0.442 e. The fraction of sp³-hybridized carbons (Fsp3) is 0.500. The summed E-state index contributed by atoms with van der Waals surface area (Å²) >= 11 is 0. The molecule has 1 aromatic rings. The van der Waals surface area contributed by atoms with Gasteiger partial charge in [-0.2, -0.15) is 8.42 Å². The number of nitrogens with zero attached hydrogens (tertiary/aromatic N) is 1.